The van der Waals surface area contributed by atoms with Gasteiger partial charge in [0.2, 0.25) is 0 Å². The van der Waals surface area contributed by atoms with E-state index in [0.29, 0.717) is 12.2 Å². The molecule has 152 valence electrons. The Hall–Kier alpha value is -2.96. The second-order valence-corrected chi connectivity index (χ2v) is 7.67. The number of carbonyl (C=O) groups excluding carboxylic acids is 2. The van der Waals surface area contributed by atoms with Crippen molar-refractivity contribution in [3.05, 3.63) is 72.8 Å². The number of rotatable bonds is 4. The molecule has 28 heavy (non-hydrogen) atoms. The van der Waals surface area contributed by atoms with Crippen molar-refractivity contribution in [2.45, 2.75) is 0 Å². The Balaban J connectivity index is 0.000000394. The number of carboxylic acid groups (broad SMARTS) is 2. The number of hydrogen-bond donors (Lipinski definition) is 0. The predicted octanol–water partition coefficient (Wildman–Crippen LogP) is 0.809. The second kappa shape index (κ2) is 11.7. The van der Waals surface area contributed by atoms with E-state index in [9.17, 15) is 19.8 Å². The fourth-order valence-corrected chi connectivity index (χ4v) is 1.89. The molecule has 2 aromatic carbocycles. The number of carbonyl (C=O) groups is 2. The molecule has 0 amide bonds. The lowest BCUT2D eigenvalue weighted by molar-refractivity contribution is -0.301. The summed E-state index contributed by atoms with van der Waals surface area (Å²) >= 11 is 0. The molecule has 0 spiro atoms. The third-order valence-corrected chi connectivity index (χ3v) is 3.42. The Morgan fingerprint density at radius 3 is 1.00 bits per heavy atom. The van der Waals surface area contributed by atoms with Crippen molar-refractivity contribution in [2.75, 3.05) is 42.3 Å². The van der Waals surface area contributed by atoms with E-state index >= 15 is 0 Å². The third kappa shape index (κ3) is 12.4. The molecular formula is C22H30N2O4. The number of hydrogen-bond acceptors (Lipinski definition) is 4. The van der Waals surface area contributed by atoms with Crippen molar-refractivity contribution in [2.24, 2.45) is 0 Å². The first-order valence-corrected chi connectivity index (χ1v) is 8.68. The fraction of sp³-hybridized carbons (Fsp3) is 0.273. The number of quaternary nitrogens is 2. The van der Waals surface area contributed by atoms with E-state index in [0.717, 1.165) is 8.97 Å². The molecule has 2 aromatic rings. The van der Waals surface area contributed by atoms with Crippen LogP contribution < -0.4 is 19.2 Å². The van der Waals surface area contributed by atoms with Crippen molar-refractivity contribution in [1.82, 2.24) is 8.97 Å². The van der Waals surface area contributed by atoms with Crippen molar-refractivity contribution in [3.63, 3.8) is 0 Å². The molecule has 6 nitrogen and oxygen atoms in total. The Bertz CT molecular complexity index is 678. The number of carboxylic acids is 2. The highest BCUT2D eigenvalue weighted by molar-refractivity contribution is 5.87. The van der Waals surface area contributed by atoms with E-state index in [1.54, 1.807) is 0 Å². The lowest BCUT2D eigenvalue weighted by atomic mass is 10.3. The van der Waals surface area contributed by atoms with Crippen LogP contribution in [-0.2, 0) is 9.59 Å². The Morgan fingerprint density at radius 2 is 0.857 bits per heavy atom. The van der Waals surface area contributed by atoms with Gasteiger partial charge in [-0.2, -0.15) is 0 Å². The summed E-state index contributed by atoms with van der Waals surface area (Å²) in [5.74, 6) is -3.09. The van der Waals surface area contributed by atoms with Gasteiger partial charge in [-0.25, -0.2) is 0 Å². The van der Waals surface area contributed by atoms with E-state index < -0.39 is 11.9 Å². The highest BCUT2D eigenvalue weighted by Gasteiger charge is 2.09. The minimum atomic E-state index is -1.55. The molecule has 0 aliphatic heterocycles. The van der Waals surface area contributed by atoms with Crippen molar-refractivity contribution >= 4 is 23.3 Å². The SMILES string of the molecule is C[N+](C)(C)c1ccccc1.C[N+](C)(C)c1ccccc1.O=C([O-])C=CC(=O)[O-]. The normalized spacial score (nSPS) is 10.9. The molecule has 0 N–H and O–H groups in total. The molecule has 0 aromatic heterocycles. The molecule has 0 heterocycles. The summed E-state index contributed by atoms with van der Waals surface area (Å²) in [7, 11) is 13.0. The molecule has 0 radical (unpaired) electrons. The summed E-state index contributed by atoms with van der Waals surface area (Å²) in [5, 5.41) is 18.8. The molecule has 0 saturated heterocycles. The summed E-state index contributed by atoms with van der Waals surface area (Å²) in [6.07, 6.45) is 0.769. The quantitative estimate of drug-likeness (QED) is 0.575. The zero-order valence-corrected chi connectivity index (χ0v) is 17.5. The molecule has 0 fully saturated rings. The largest absolute Gasteiger partial charge is 0.545 e. The van der Waals surface area contributed by atoms with E-state index in [1.807, 2.05) is 12.1 Å². The minimum absolute atomic E-state index is 0.384. The summed E-state index contributed by atoms with van der Waals surface area (Å²) in [6.45, 7) is 0. The van der Waals surface area contributed by atoms with Gasteiger partial charge in [-0.1, -0.05) is 36.4 Å². The van der Waals surface area contributed by atoms with Crippen LogP contribution in [0.15, 0.2) is 72.8 Å². The molecule has 0 bridgehead atoms. The molecule has 6 heteroatoms. The average Bonchev–Trinajstić information content (AvgIpc) is 2.61. The monoisotopic (exact) mass is 386 g/mol. The first-order chi connectivity index (χ1) is 12.8. The molecule has 2 rings (SSSR count). The van der Waals surface area contributed by atoms with Gasteiger partial charge in [0.1, 0.15) is 11.4 Å². The number of para-hydroxylation sites is 2. The second-order valence-electron chi connectivity index (χ2n) is 7.67. The number of benzene rings is 2. The van der Waals surface area contributed by atoms with Crippen LogP contribution in [0.2, 0.25) is 0 Å². The van der Waals surface area contributed by atoms with E-state index in [1.165, 1.54) is 11.4 Å². The Kier molecular flexibility index (Phi) is 10.5. The fourth-order valence-electron chi connectivity index (χ4n) is 1.89. The van der Waals surface area contributed by atoms with Crippen LogP contribution in [0.4, 0.5) is 11.4 Å². The standard InChI is InChI=1S/2C9H14N.C4H4O4/c2*1-10(2,3)9-7-5-4-6-8-9;5-3(6)1-2-4(7)8/h2*4-8H,1-3H3;1-2H,(H,5,6)(H,7,8)/q2*+1;/p-2. The molecule has 0 aliphatic rings. The number of nitrogens with zero attached hydrogens (tertiary/aromatic N) is 2. The topological polar surface area (TPSA) is 80.3 Å². The van der Waals surface area contributed by atoms with Crippen LogP contribution in [0.25, 0.3) is 0 Å². The molecule has 0 aliphatic carbocycles. The Labute approximate surface area is 167 Å². The van der Waals surface area contributed by atoms with Crippen LogP contribution in [0.1, 0.15) is 0 Å². The van der Waals surface area contributed by atoms with Crippen molar-refractivity contribution < 1.29 is 19.8 Å². The van der Waals surface area contributed by atoms with Gasteiger partial charge in [-0.15, -0.1) is 0 Å². The van der Waals surface area contributed by atoms with Gasteiger partial charge in [-0.05, 0) is 36.4 Å². The minimum Gasteiger partial charge on any atom is -0.545 e. The summed E-state index contributed by atoms with van der Waals surface area (Å²) in [6, 6.07) is 20.9. The van der Waals surface area contributed by atoms with Crippen molar-refractivity contribution in [3.8, 4) is 0 Å². The van der Waals surface area contributed by atoms with Crippen molar-refractivity contribution in [1.29, 1.82) is 0 Å². The van der Waals surface area contributed by atoms with Gasteiger partial charge in [0.25, 0.3) is 0 Å². The van der Waals surface area contributed by atoms with Gasteiger partial charge in [-0.3, -0.25) is 8.97 Å². The molecule has 0 atom stereocenters. The summed E-state index contributed by atoms with van der Waals surface area (Å²) in [4.78, 5) is 18.8. The lowest BCUT2D eigenvalue weighted by Crippen LogP contribution is -2.34. The summed E-state index contributed by atoms with van der Waals surface area (Å²) in [5.41, 5.74) is 2.67. The highest BCUT2D eigenvalue weighted by atomic mass is 16.4. The third-order valence-electron chi connectivity index (χ3n) is 3.42. The van der Waals surface area contributed by atoms with Crippen LogP contribution in [0, 0.1) is 0 Å². The maximum atomic E-state index is 9.41. The van der Waals surface area contributed by atoms with Crippen LogP contribution in [-0.4, -0.2) is 54.2 Å². The van der Waals surface area contributed by atoms with Gasteiger partial charge >= 0.3 is 0 Å². The van der Waals surface area contributed by atoms with E-state index in [-0.39, 0.29) is 0 Å². The average molecular weight is 386 g/mol. The number of aliphatic carboxylic acids is 2. The van der Waals surface area contributed by atoms with Gasteiger partial charge < -0.3 is 19.8 Å². The first kappa shape index (κ1) is 25.0. The first-order valence-electron chi connectivity index (χ1n) is 8.68. The van der Waals surface area contributed by atoms with Crippen LogP contribution >= 0.6 is 0 Å². The maximum absolute atomic E-state index is 9.41. The van der Waals surface area contributed by atoms with E-state index in [2.05, 4.69) is 90.8 Å². The maximum Gasteiger partial charge on any atom is 0.132 e. The van der Waals surface area contributed by atoms with Gasteiger partial charge in [0.15, 0.2) is 0 Å². The van der Waals surface area contributed by atoms with Crippen LogP contribution in [0.3, 0.4) is 0 Å². The van der Waals surface area contributed by atoms with Gasteiger partial charge in [0, 0.05) is 0 Å². The summed E-state index contributed by atoms with van der Waals surface area (Å²) < 4.78 is 1.78. The zero-order valence-electron chi connectivity index (χ0n) is 17.5. The van der Waals surface area contributed by atoms with Gasteiger partial charge in [0.05, 0.1) is 54.2 Å². The highest BCUT2D eigenvalue weighted by Crippen LogP contribution is 2.14. The lowest BCUT2D eigenvalue weighted by Gasteiger charge is -2.22. The molecule has 0 unspecified atom stereocenters. The predicted molar refractivity (Wildman–Crippen MR) is 111 cm³/mol. The smallest absolute Gasteiger partial charge is 0.132 e. The van der Waals surface area contributed by atoms with Crippen LogP contribution in [0.5, 0.6) is 0 Å². The zero-order chi connectivity index (χ0) is 21.8. The molecule has 0 saturated carbocycles. The molecular weight excluding hydrogens is 356 g/mol. The Morgan fingerprint density at radius 1 is 0.607 bits per heavy atom. The van der Waals surface area contributed by atoms with E-state index in [4.69, 9.17) is 0 Å².